The summed E-state index contributed by atoms with van der Waals surface area (Å²) in [5.74, 6) is -0.588. The average molecular weight is 1000 g/mol. The lowest BCUT2D eigenvalue weighted by Gasteiger charge is -2.15. The van der Waals surface area contributed by atoms with Gasteiger partial charge in [-0.1, -0.05) is 284 Å². The van der Waals surface area contributed by atoms with Gasteiger partial charge in [0.2, 0.25) is 0 Å². The number of unbranched alkanes of at least 4 members (excludes halogenated alkanes) is 32. The maximum Gasteiger partial charge on any atom is 0.306 e. The molecule has 1 unspecified atom stereocenters. The summed E-state index contributed by atoms with van der Waals surface area (Å²) in [5.41, 5.74) is 0. The highest BCUT2D eigenvalue weighted by Gasteiger charge is 2.16. The molecule has 0 aliphatic carbocycles. The Kier molecular flexibility index (Phi) is 59.4. The molecule has 0 bridgehead atoms. The summed E-state index contributed by atoms with van der Waals surface area (Å²) in [6, 6.07) is 0. The van der Waals surface area contributed by atoms with E-state index in [9.17, 15) is 14.7 Å². The number of carbonyl (C=O) groups is 2. The highest BCUT2D eigenvalue weighted by Crippen LogP contribution is 2.16. The Labute approximate surface area is 447 Å². The smallest absolute Gasteiger partial charge is 0.306 e. The SMILES string of the molecule is CC/C=C\C/C=C\C/C=C\C/C=C\C/C=C\C/C=C\C/C=C\CCCCCCCCCCCCCC(=O)OC(CO)COC(=O)CCCCCCCCCCCCCCC/C=C\CCCCCCCCCC. The summed E-state index contributed by atoms with van der Waals surface area (Å²) in [6.45, 7) is 4.05. The van der Waals surface area contributed by atoms with Crippen molar-refractivity contribution >= 4 is 11.9 Å². The molecule has 1 N–H and O–H groups in total. The van der Waals surface area contributed by atoms with E-state index in [0.29, 0.717) is 12.8 Å². The van der Waals surface area contributed by atoms with Crippen LogP contribution in [0.2, 0.25) is 0 Å². The number of aliphatic hydroxyl groups excluding tert-OH is 1. The minimum Gasteiger partial charge on any atom is -0.462 e. The third-order valence-electron chi connectivity index (χ3n) is 13.4. The molecule has 414 valence electrons. The first-order valence-corrected chi connectivity index (χ1v) is 30.8. The first kappa shape index (κ1) is 68.8. The van der Waals surface area contributed by atoms with Crippen molar-refractivity contribution in [2.24, 2.45) is 0 Å². The van der Waals surface area contributed by atoms with Gasteiger partial charge in [0.05, 0.1) is 6.61 Å². The van der Waals surface area contributed by atoms with E-state index < -0.39 is 6.10 Å². The van der Waals surface area contributed by atoms with Crippen LogP contribution in [0.1, 0.15) is 296 Å². The molecular weight excluding hydrogens is 885 g/mol. The van der Waals surface area contributed by atoms with Gasteiger partial charge in [-0.05, 0) is 96.3 Å². The first-order chi connectivity index (χ1) is 35.6. The lowest BCUT2D eigenvalue weighted by molar-refractivity contribution is -0.161. The zero-order valence-electron chi connectivity index (χ0n) is 47.4. The van der Waals surface area contributed by atoms with Crippen LogP contribution in [0.25, 0.3) is 0 Å². The van der Waals surface area contributed by atoms with Crippen molar-refractivity contribution in [3.63, 3.8) is 0 Å². The molecule has 0 radical (unpaired) electrons. The molecule has 0 aliphatic rings. The predicted octanol–water partition coefficient (Wildman–Crippen LogP) is 21.1. The molecule has 0 rings (SSSR count). The number of hydrogen-bond acceptors (Lipinski definition) is 5. The quantitative estimate of drug-likeness (QED) is 0.0373. The first-order valence-electron chi connectivity index (χ1n) is 30.8. The molecule has 0 saturated heterocycles. The fraction of sp³-hybridized carbons (Fsp3) is 0.731. The molecule has 0 heterocycles. The van der Waals surface area contributed by atoms with Crippen LogP contribution in [-0.4, -0.2) is 36.4 Å². The second-order valence-electron chi connectivity index (χ2n) is 20.4. The van der Waals surface area contributed by atoms with Crippen LogP contribution in [0.4, 0.5) is 0 Å². The highest BCUT2D eigenvalue weighted by molar-refractivity contribution is 5.70. The van der Waals surface area contributed by atoms with Crippen molar-refractivity contribution < 1.29 is 24.2 Å². The number of allylic oxidation sites excluding steroid dienone is 16. The summed E-state index contributed by atoms with van der Waals surface area (Å²) in [6.07, 6.45) is 88.2. The Morgan fingerprint density at radius 2 is 0.597 bits per heavy atom. The van der Waals surface area contributed by atoms with Crippen LogP contribution in [0.3, 0.4) is 0 Å². The largest absolute Gasteiger partial charge is 0.462 e. The Hall–Kier alpha value is -3.18. The van der Waals surface area contributed by atoms with Crippen LogP contribution in [0.5, 0.6) is 0 Å². The van der Waals surface area contributed by atoms with Gasteiger partial charge < -0.3 is 14.6 Å². The molecule has 0 aromatic rings. The molecular formula is C67H116O5. The predicted molar refractivity (Wildman–Crippen MR) is 316 cm³/mol. The van der Waals surface area contributed by atoms with Crippen molar-refractivity contribution in [1.82, 2.24) is 0 Å². The fourth-order valence-corrected chi connectivity index (χ4v) is 8.77. The van der Waals surface area contributed by atoms with Gasteiger partial charge in [0.15, 0.2) is 6.10 Å². The second-order valence-corrected chi connectivity index (χ2v) is 20.4. The molecule has 0 aromatic heterocycles. The molecule has 5 heteroatoms. The van der Waals surface area contributed by atoms with Crippen LogP contribution < -0.4 is 0 Å². The van der Waals surface area contributed by atoms with E-state index in [-0.39, 0.29) is 25.2 Å². The van der Waals surface area contributed by atoms with Gasteiger partial charge >= 0.3 is 11.9 Å². The lowest BCUT2D eigenvalue weighted by atomic mass is 10.0. The number of hydrogen-bond donors (Lipinski definition) is 1. The van der Waals surface area contributed by atoms with Crippen LogP contribution in [0.15, 0.2) is 97.2 Å². The Morgan fingerprint density at radius 1 is 0.333 bits per heavy atom. The summed E-state index contributed by atoms with van der Waals surface area (Å²) in [5, 5.41) is 9.68. The summed E-state index contributed by atoms with van der Waals surface area (Å²) in [4.78, 5) is 24.6. The molecule has 0 aromatic carbocycles. The minimum atomic E-state index is -0.779. The van der Waals surface area contributed by atoms with Crippen LogP contribution >= 0.6 is 0 Å². The van der Waals surface area contributed by atoms with E-state index in [2.05, 4.69) is 111 Å². The molecule has 0 aliphatic heterocycles. The van der Waals surface area contributed by atoms with Crippen LogP contribution in [0, 0.1) is 0 Å². The topological polar surface area (TPSA) is 72.8 Å². The lowest BCUT2D eigenvalue weighted by Crippen LogP contribution is -2.28. The number of aliphatic hydroxyl groups is 1. The maximum atomic E-state index is 12.3. The van der Waals surface area contributed by atoms with E-state index in [1.54, 1.807) is 0 Å². The molecule has 0 fully saturated rings. The normalized spacial score (nSPS) is 12.9. The van der Waals surface area contributed by atoms with E-state index in [0.717, 1.165) is 83.5 Å². The van der Waals surface area contributed by atoms with Crippen molar-refractivity contribution in [2.45, 2.75) is 302 Å². The monoisotopic (exact) mass is 1000 g/mol. The Bertz CT molecular complexity index is 1360. The summed E-state index contributed by atoms with van der Waals surface area (Å²) < 4.78 is 10.7. The summed E-state index contributed by atoms with van der Waals surface area (Å²) in [7, 11) is 0. The van der Waals surface area contributed by atoms with Gasteiger partial charge in [-0.3, -0.25) is 9.59 Å². The molecule has 0 amide bonds. The number of rotatable bonds is 56. The fourth-order valence-electron chi connectivity index (χ4n) is 8.77. The molecule has 1 atom stereocenters. The van der Waals surface area contributed by atoms with E-state index in [1.165, 1.54) is 186 Å². The number of esters is 2. The minimum absolute atomic E-state index is 0.0688. The summed E-state index contributed by atoms with van der Waals surface area (Å²) >= 11 is 0. The highest BCUT2D eigenvalue weighted by atomic mass is 16.6. The van der Waals surface area contributed by atoms with Crippen LogP contribution in [-0.2, 0) is 19.1 Å². The van der Waals surface area contributed by atoms with Gasteiger partial charge in [-0.2, -0.15) is 0 Å². The maximum absolute atomic E-state index is 12.3. The van der Waals surface area contributed by atoms with Gasteiger partial charge in [0, 0.05) is 12.8 Å². The van der Waals surface area contributed by atoms with Crippen molar-refractivity contribution in [2.75, 3.05) is 13.2 Å². The third kappa shape index (κ3) is 59.4. The molecule has 72 heavy (non-hydrogen) atoms. The van der Waals surface area contributed by atoms with Crippen molar-refractivity contribution in [3.05, 3.63) is 97.2 Å². The van der Waals surface area contributed by atoms with Gasteiger partial charge in [0.1, 0.15) is 6.61 Å². The van der Waals surface area contributed by atoms with Crippen molar-refractivity contribution in [1.29, 1.82) is 0 Å². The molecule has 0 saturated carbocycles. The third-order valence-corrected chi connectivity index (χ3v) is 13.4. The molecule has 5 nitrogen and oxygen atoms in total. The second kappa shape index (κ2) is 62.1. The zero-order valence-corrected chi connectivity index (χ0v) is 47.4. The Morgan fingerprint density at radius 3 is 0.917 bits per heavy atom. The van der Waals surface area contributed by atoms with E-state index >= 15 is 0 Å². The van der Waals surface area contributed by atoms with Gasteiger partial charge in [0.25, 0.3) is 0 Å². The van der Waals surface area contributed by atoms with Gasteiger partial charge in [-0.15, -0.1) is 0 Å². The average Bonchev–Trinajstić information content (AvgIpc) is 3.38. The standard InChI is InChI=1S/C67H116O5/c1-3-5-7-9-11-13-15-17-19-21-23-25-27-29-30-31-32-33-34-35-36-38-40-42-44-46-48-50-52-54-56-58-60-62-67(70)72-65(63-68)64-71-66(69)61-59-57-55-53-51-49-47-45-43-41-39-37-28-26-24-22-20-18-16-14-12-10-8-6-4-2/h5,7,11,13,17,19,22-25,29-30,32-33,35-36,65,68H,3-4,6,8-10,12,14-16,18,20-21,26-28,31,34,37-64H2,1-2H3/b7-5-,13-11-,19-17-,24-22-,25-23-,30-29-,33-32-,36-35-. The Balaban J connectivity index is 3.51. The van der Waals surface area contributed by atoms with E-state index in [4.69, 9.17) is 9.47 Å². The van der Waals surface area contributed by atoms with E-state index in [1.807, 2.05) is 0 Å². The number of ether oxygens (including phenoxy) is 2. The van der Waals surface area contributed by atoms with Crippen molar-refractivity contribution in [3.8, 4) is 0 Å². The zero-order chi connectivity index (χ0) is 52.0. The number of carbonyl (C=O) groups excluding carboxylic acids is 2. The van der Waals surface area contributed by atoms with Gasteiger partial charge in [-0.25, -0.2) is 0 Å². The molecule has 0 spiro atoms.